The molecule has 26 heavy (non-hydrogen) atoms. The molecule has 0 aromatic heterocycles. The second-order valence-corrected chi connectivity index (χ2v) is 6.75. The molecule has 2 aromatic rings. The van der Waals surface area contributed by atoms with Crippen LogP contribution in [0.2, 0.25) is 5.02 Å². The lowest BCUT2D eigenvalue weighted by Gasteiger charge is -2.31. The largest absolute Gasteiger partial charge is 0.484 e. The van der Waals surface area contributed by atoms with Crippen molar-refractivity contribution in [2.45, 2.75) is 25.9 Å². The fraction of sp³-hybridized carbons (Fsp3) is 0.300. The molecular weight excluding hydrogens is 352 g/mol. The van der Waals surface area contributed by atoms with Gasteiger partial charge in [0.2, 0.25) is 5.91 Å². The van der Waals surface area contributed by atoms with Crippen LogP contribution in [0.4, 0.5) is 0 Å². The first-order valence-corrected chi connectivity index (χ1v) is 8.94. The number of hydrogen-bond donors (Lipinski definition) is 1. The third kappa shape index (κ3) is 4.55. The standard InChI is InChI=1S/C20H21ClN2O3/c1-14(22-19(24)13-26-18-8-6-17(21)7-9-18)20(25)23-11-10-15-4-2-3-5-16(15)12-23/h2-9,14H,10-13H2,1H3,(H,22,24)/t14-/m0/s1. The molecule has 5 nitrogen and oxygen atoms in total. The minimum absolute atomic E-state index is 0.0839. The molecule has 136 valence electrons. The van der Waals surface area contributed by atoms with Crippen molar-refractivity contribution in [3.63, 3.8) is 0 Å². The number of nitrogens with zero attached hydrogens (tertiary/aromatic N) is 1. The number of hydrogen-bond acceptors (Lipinski definition) is 3. The zero-order valence-electron chi connectivity index (χ0n) is 14.6. The molecule has 0 fully saturated rings. The highest BCUT2D eigenvalue weighted by Crippen LogP contribution is 2.19. The second-order valence-electron chi connectivity index (χ2n) is 6.31. The predicted octanol–water partition coefficient (Wildman–Crippen LogP) is 2.81. The van der Waals surface area contributed by atoms with Crippen molar-refractivity contribution in [1.29, 1.82) is 0 Å². The molecule has 0 spiro atoms. The van der Waals surface area contributed by atoms with Gasteiger partial charge in [0.05, 0.1) is 0 Å². The quantitative estimate of drug-likeness (QED) is 0.878. The van der Waals surface area contributed by atoms with Gasteiger partial charge in [-0.25, -0.2) is 0 Å². The van der Waals surface area contributed by atoms with Gasteiger partial charge in [-0.1, -0.05) is 35.9 Å². The first-order chi connectivity index (χ1) is 12.5. The lowest BCUT2D eigenvalue weighted by atomic mass is 9.99. The summed E-state index contributed by atoms with van der Waals surface area (Å²) < 4.78 is 5.40. The van der Waals surface area contributed by atoms with E-state index in [1.54, 1.807) is 36.1 Å². The summed E-state index contributed by atoms with van der Waals surface area (Å²) >= 11 is 5.81. The van der Waals surface area contributed by atoms with Crippen LogP contribution in [0.1, 0.15) is 18.1 Å². The molecule has 1 N–H and O–H groups in total. The van der Waals surface area contributed by atoms with Crippen LogP contribution in [-0.4, -0.2) is 35.9 Å². The third-order valence-corrected chi connectivity index (χ3v) is 4.63. The van der Waals surface area contributed by atoms with Crippen LogP contribution in [0.5, 0.6) is 5.75 Å². The average Bonchev–Trinajstić information content (AvgIpc) is 2.66. The topological polar surface area (TPSA) is 58.6 Å². The maximum atomic E-state index is 12.6. The molecule has 1 atom stereocenters. The van der Waals surface area contributed by atoms with E-state index in [1.165, 1.54) is 5.56 Å². The fourth-order valence-corrected chi connectivity index (χ4v) is 3.11. The molecule has 1 aliphatic rings. The summed E-state index contributed by atoms with van der Waals surface area (Å²) in [5.74, 6) is 0.133. The van der Waals surface area contributed by atoms with Gasteiger partial charge in [0.25, 0.3) is 5.91 Å². The highest BCUT2D eigenvalue weighted by Gasteiger charge is 2.25. The van der Waals surface area contributed by atoms with Crippen molar-refractivity contribution in [2.75, 3.05) is 13.2 Å². The van der Waals surface area contributed by atoms with Crippen molar-refractivity contribution < 1.29 is 14.3 Å². The number of amides is 2. The van der Waals surface area contributed by atoms with Crippen LogP contribution in [0, 0.1) is 0 Å². The summed E-state index contributed by atoms with van der Waals surface area (Å²) in [6.07, 6.45) is 0.836. The molecule has 1 heterocycles. The Balaban J connectivity index is 1.49. The number of carbonyl (C=O) groups is 2. The summed E-state index contributed by atoms with van der Waals surface area (Å²) in [6.45, 7) is 2.79. The molecule has 2 amide bonds. The molecule has 0 saturated heterocycles. The summed E-state index contributed by atoms with van der Waals surface area (Å²) in [5.41, 5.74) is 2.45. The van der Waals surface area contributed by atoms with Crippen molar-refractivity contribution in [1.82, 2.24) is 10.2 Å². The van der Waals surface area contributed by atoms with Gasteiger partial charge in [0.1, 0.15) is 11.8 Å². The average molecular weight is 373 g/mol. The number of fused-ring (bicyclic) bond motifs is 1. The van der Waals surface area contributed by atoms with Crippen LogP contribution in [0.25, 0.3) is 0 Å². The van der Waals surface area contributed by atoms with Crippen molar-refractivity contribution >= 4 is 23.4 Å². The van der Waals surface area contributed by atoms with E-state index in [4.69, 9.17) is 16.3 Å². The van der Waals surface area contributed by atoms with Crippen LogP contribution in [0.15, 0.2) is 48.5 Å². The van der Waals surface area contributed by atoms with Gasteiger partial charge < -0.3 is 15.0 Å². The van der Waals surface area contributed by atoms with Crippen LogP contribution < -0.4 is 10.1 Å². The maximum absolute atomic E-state index is 12.6. The Kier molecular flexibility index (Phi) is 5.78. The molecular formula is C20H21ClN2O3. The van der Waals surface area contributed by atoms with Crippen LogP contribution in [-0.2, 0) is 22.6 Å². The van der Waals surface area contributed by atoms with E-state index >= 15 is 0 Å². The summed E-state index contributed by atoms with van der Waals surface area (Å²) in [6, 6.07) is 14.3. The highest BCUT2D eigenvalue weighted by atomic mass is 35.5. The van der Waals surface area contributed by atoms with Crippen LogP contribution >= 0.6 is 11.6 Å². The molecule has 2 aromatic carbocycles. The summed E-state index contributed by atoms with van der Waals surface area (Å²) in [4.78, 5) is 26.4. The number of benzene rings is 2. The lowest BCUT2D eigenvalue weighted by Crippen LogP contribution is -2.49. The molecule has 0 bridgehead atoms. The number of nitrogens with one attached hydrogen (secondary N) is 1. The maximum Gasteiger partial charge on any atom is 0.258 e. The minimum atomic E-state index is -0.596. The Morgan fingerprint density at radius 3 is 2.58 bits per heavy atom. The first-order valence-electron chi connectivity index (χ1n) is 8.56. The minimum Gasteiger partial charge on any atom is -0.484 e. The molecule has 0 saturated carbocycles. The lowest BCUT2D eigenvalue weighted by molar-refractivity contribution is -0.137. The van der Waals surface area contributed by atoms with Gasteiger partial charge in [-0.05, 0) is 48.7 Å². The van der Waals surface area contributed by atoms with E-state index in [9.17, 15) is 9.59 Å². The van der Waals surface area contributed by atoms with E-state index in [0.29, 0.717) is 23.9 Å². The predicted molar refractivity (Wildman–Crippen MR) is 100 cm³/mol. The second kappa shape index (κ2) is 8.23. The van der Waals surface area contributed by atoms with E-state index in [0.717, 1.165) is 12.0 Å². The first kappa shape index (κ1) is 18.3. The Labute approximate surface area is 157 Å². The molecule has 0 unspecified atom stereocenters. The van der Waals surface area contributed by atoms with Gasteiger partial charge in [-0.2, -0.15) is 0 Å². The highest BCUT2D eigenvalue weighted by molar-refractivity contribution is 6.30. The molecule has 0 aliphatic carbocycles. The van der Waals surface area contributed by atoms with Gasteiger partial charge in [0.15, 0.2) is 6.61 Å². The number of halogens is 1. The molecule has 6 heteroatoms. The van der Waals surface area contributed by atoms with E-state index in [1.807, 2.05) is 18.2 Å². The Morgan fingerprint density at radius 1 is 1.15 bits per heavy atom. The third-order valence-electron chi connectivity index (χ3n) is 4.37. The summed E-state index contributed by atoms with van der Waals surface area (Å²) in [5, 5.41) is 3.30. The zero-order valence-corrected chi connectivity index (χ0v) is 15.3. The Hall–Kier alpha value is -2.53. The SMILES string of the molecule is C[C@H](NC(=O)COc1ccc(Cl)cc1)C(=O)N1CCc2ccccc2C1. The smallest absolute Gasteiger partial charge is 0.258 e. The number of ether oxygens (including phenoxy) is 1. The Morgan fingerprint density at radius 2 is 1.85 bits per heavy atom. The fourth-order valence-electron chi connectivity index (χ4n) is 2.98. The molecule has 1 aliphatic heterocycles. The van der Waals surface area contributed by atoms with Crippen molar-refractivity contribution in [2.24, 2.45) is 0 Å². The molecule has 0 radical (unpaired) electrons. The van der Waals surface area contributed by atoms with Crippen LogP contribution in [0.3, 0.4) is 0 Å². The number of rotatable bonds is 5. The number of carbonyl (C=O) groups excluding carboxylic acids is 2. The normalized spacial score (nSPS) is 14.3. The van der Waals surface area contributed by atoms with Gasteiger partial charge >= 0.3 is 0 Å². The van der Waals surface area contributed by atoms with Crippen molar-refractivity contribution in [3.05, 3.63) is 64.7 Å². The van der Waals surface area contributed by atoms with E-state index in [2.05, 4.69) is 11.4 Å². The monoisotopic (exact) mass is 372 g/mol. The zero-order chi connectivity index (χ0) is 18.5. The Bertz CT molecular complexity index is 792. The molecule has 3 rings (SSSR count). The summed E-state index contributed by atoms with van der Waals surface area (Å²) in [7, 11) is 0. The van der Waals surface area contributed by atoms with E-state index < -0.39 is 6.04 Å². The van der Waals surface area contributed by atoms with Crippen molar-refractivity contribution in [3.8, 4) is 5.75 Å². The van der Waals surface area contributed by atoms with Gasteiger partial charge in [-0.3, -0.25) is 9.59 Å². The van der Waals surface area contributed by atoms with Gasteiger partial charge in [0, 0.05) is 18.1 Å². The van der Waals surface area contributed by atoms with E-state index in [-0.39, 0.29) is 18.4 Å². The van der Waals surface area contributed by atoms with Gasteiger partial charge in [-0.15, -0.1) is 0 Å².